The van der Waals surface area contributed by atoms with Gasteiger partial charge in [-0.1, -0.05) is 0 Å². The van der Waals surface area contributed by atoms with E-state index in [9.17, 15) is 0 Å². The largest absolute Gasteiger partial charge is 3.00 e. The third-order valence-electron chi connectivity index (χ3n) is 0. The summed E-state index contributed by atoms with van der Waals surface area (Å²) < 4.78 is 0. The summed E-state index contributed by atoms with van der Waals surface area (Å²) in [6.07, 6.45) is 0. The third kappa shape index (κ3) is 67.1. The monoisotopic (exact) mass is 927 g/mol. The summed E-state index contributed by atoms with van der Waals surface area (Å²) >= 11 is 0. The van der Waals surface area contributed by atoms with Crippen LogP contribution in [0.2, 0.25) is 0 Å². The molecule has 0 bridgehead atoms. The van der Waals surface area contributed by atoms with Crippen molar-refractivity contribution in [3.05, 3.63) is 0 Å². The Morgan fingerprint density at radius 3 is 0.545 bits per heavy atom. The molecule has 2 radical (unpaired) electrons. The molecule has 0 aliphatic heterocycles. The van der Waals surface area contributed by atoms with Crippen LogP contribution in [0.3, 0.4) is 0 Å². The van der Waals surface area contributed by atoms with Crippen LogP contribution in [0.1, 0.15) is 5.71 Å². The molecule has 0 saturated carbocycles. The Kier molecular flexibility index (Phi) is 601. The van der Waals surface area contributed by atoms with Gasteiger partial charge in [0, 0.05) is 153 Å². The van der Waals surface area contributed by atoms with Gasteiger partial charge in [0.25, 0.3) is 0 Å². The molecule has 0 aromatic carbocycles. The molecule has 0 rings (SSSR count). The van der Waals surface area contributed by atoms with Gasteiger partial charge in [-0.2, -0.15) is 0 Å². The van der Waals surface area contributed by atoms with E-state index in [-0.39, 0.29) is 306 Å². The number of rotatable bonds is 0. The van der Waals surface area contributed by atoms with Crippen molar-refractivity contribution >= 4 is 131 Å². The molecule has 11 heteroatoms. The predicted molar refractivity (Wildman–Crippen MR) is 29.5 cm³/mol. The van der Waals surface area contributed by atoms with E-state index in [1.165, 1.54) is 0 Å². The Morgan fingerprint density at radius 1 is 0.545 bits per heavy atom. The van der Waals surface area contributed by atoms with Gasteiger partial charge in [0.1, 0.15) is 0 Å². The van der Waals surface area contributed by atoms with Crippen molar-refractivity contribution in [1.82, 2.24) is 0 Å². The quantitative estimate of drug-likeness (QED) is 0.268. The standard InChI is InChI=1S/2Ga.2La.2Nd.3O.2Sr.4H/q2*+3;;;;;3*-2;2*+2;4*-1. The normalized spacial score (nSPS) is 0. The zero-order valence-electron chi connectivity index (χ0n) is 9.95. The smallest absolute Gasteiger partial charge is 2.00 e. The Labute approximate surface area is 295 Å². The fourth-order valence-corrected chi connectivity index (χ4v) is 0. The van der Waals surface area contributed by atoms with Gasteiger partial charge >= 0.3 is 131 Å². The Bertz CT molecular complexity index is 37.8. The summed E-state index contributed by atoms with van der Waals surface area (Å²) in [5.74, 6) is 0. The zero-order chi connectivity index (χ0) is 0. The fraction of sp³-hybridized carbons (Fsp3) is 0. The van der Waals surface area contributed by atoms with E-state index in [0.717, 1.165) is 0 Å². The van der Waals surface area contributed by atoms with Crippen molar-refractivity contribution in [3.63, 3.8) is 0 Å². The van der Waals surface area contributed by atoms with Crippen LogP contribution < -0.4 is 0 Å². The Morgan fingerprint density at radius 2 is 0.545 bits per heavy atom. The molecule has 0 aromatic heterocycles. The van der Waals surface area contributed by atoms with Crippen molar-refractivity contribution in [3.8, 4) is 0 Å². The molecule has 0 saturated heterocycles. The Hall–Kier alpha value is 9.20. The molecular formula is H4Ga2La2Nd2O3Sr2. The van der Waals surface area contributed by atoms with E-state index in [1.54, 1.807) is 0 Å². The fourth-order valence-electron chi connectivity index (χ4n) is 0. The van der Waals surface area contributed by atoms with Crippen LogP contribution in [-0.2, 0) is 16.4 Å². The number of hydrogen-bond acceptors (Lipinski definition) is 0. The first-order valence-electron chi connectivity index (χ1n) is 0. The molecule has 0 aliphatic rings. The van der Waals surface area contributed by atoms with Crippen LogP contribution in [0.15, 0.2) is 0 Å². The maximum absolute atomic E-state index is 0. The minimum atomic E-state index is 0. The summed E-state index contributed by atoms with van der Waals surface area (Å²) in [5.41, 5.74) is 0. The molecule has 0 heterocycles. The average Bonchev–Trinajstić information content (AvgIpc) is 0. The second kappa shape index (κ2) is 75.1. The van der Waals surface area contributed by atoms with Crippen molar-refractivity contribution in [1.29, 1.82) is 0 Å². The van der Waals surface area contributed by atoms with E-state index in [1.807, 2.05) is 0 Å². The van der Waals surface area contributed by atoms with Gasteiger partial charge < -0.3 is 22.1 Å². The minimum Gasteiger partial charge on any atom is -2.00 e. The summed E-state index contributed by atoms with van der Waals surface area (Å²) in [6.45, 7) is 0. The van der Waals surface area contributed by atoms with E-state index in [4.69, 9.17) is 0 Å². The van der Waals surface area contributed by atoms with Crippen LogP contribution in [0.25, 0.3) is 0 Å². The van der Waals surface area contributed by atoms with Crippen molar-refractivity contribution < 1.29 is 175 Å². The molecular weight excluding hydrogens is 929 g/mol. The van der Waals surface area contributed by atoms with E-state index < -0.39 is 0 Å². The molecule has 11 heavy (non-hydrogen) atoms. The van der Waals surface area contributed by atoms with Gasteiger partial charge in [-0.15, -0.1) is 0 Å². The van der Waals surface area contributed by atoms with E-state index in [0.29, 0.717) is 0 Å². The predicted octanol–water partition coefficient (Wildman–Crippen LogP) is -1.43. The van der Waals surface area contributed by atoms with Gasteiger partial charge in [0.2, 0.25) is 0 Å². The molecule has 0 atom stereocenters. The summed E-state index contributed by atoms with van der Waals surface area (Å²) in [6, 6.07) is 0. The first kappa shape index (κ1) is 88.0. The van der Waals surface area contributed by atoms with Gasteiger partial charge in [-0.25, -0.2) is 0 Å². The summed E-state index contributed by atoms with van der Waals surface area (Å²) in [5, 5.41) is 0. The average molecular weight is 933 g/mol. The zero-order valence-corrected chi connectivity index (χ0v) is 31.4. The first-order valence-corrected chi connectivity index (χ1v) is 0. The second-order valence-corrected chi connectivity index (χ2v) is 0. The van der Waals surface area contributed by atoms with Crippen molar-refractivity contribution in [2.45, 2.75) is 0 Å². The van der Waals surface area contributed by atoms with Crippen LogP contribution in [0.4, 0.5) is 0 Å². The van der Waals surface area contributed by atoms with Crippen molar-refractivity contribution in [2.24, 2.45) is 0 Å². The first-order chi connectivity index (χ1) is 0. The number of hydrogen-bond donors (Lipinski definition) is 0. The van der Waals surface area contributed by atoms with Gasteiger partial charge in [-0.05, 0) is 0 Å². The van der Waals surface area contributed by atoms with Crippen LogP contribution >= 0.6 is 0 Å². The maximum Gasteiger partial charge on any atom is 3.00 e. The van der Waals surface area contributed by atoms with Crippen molar-refractivity contribution in [2.75, 3.05) is 0 Å². The molecule has 0 unspecified atom stereocenters. The third-order valence-corrected chi connectivity index (χ3v) is 0. The Balaban J connectivity index is 0. The molecule has 0 N–H and O–H groups in total. The summed E-state index contributed by atoms with van der Waals surface area (Å²) in [7, 11) is 0. The molecule has 3 nitrogen and oxygen atoms in total. The van der Waals surface area contributed by atoms with Crippen LogP contribution in [0, 0.1) is 153 Å². The minimum absolute atomic E-state index is 0. The molecule has 46 valence electrons. The molecule has 0 fully saturated rings. The van der Waals surface area contributed by atoms with E-state index >= 15 is 0 Å². The maximum atomic E-state index is 0. The van der Waals surface area contributed by atoms with E-state index in [2.05, 4.69) is 0 Å². The molecule has 0 aromatic rings. The van der Waals surface area contributed by atoms with Gasteiger partial charge in [0.05, 0.1) is 0 Å². The second-order valence-electron chi connectivity index (χ2n) is 0. The van der Waals surface area contributed by atoms with Crippen LogP contribution in [-0.4, -0.2) is 131 Å². The SMILES string of the molecule is [Ga+3].[Ga+3].[H-].[H-].[H-].[H-].[La].[La].[Nd].[Nd].[O-2].[O-2].[O-2].[Sr+2].[Sr+2]. The molecule has 0 aliphatic carbocycles. The topological polar surface area (TPSA) is 85.5 Å². The van der Waals surface area contributed by atoms with Crippen LogP contribution in [0.5, 0.6) is 0 Å². The molecule has 0 amide bonds. The molecule has 0 spiro atoms. The summed E-state index contributed by atoms with van der Waals surface area (Å²) in [4.78, 5) is 0. The van der Waals surface area contributed by atoms with Gasteiger partial charge in [0.15, 0.2) is 0 Å². The van der Waals surface area contributed by atoms with Gasteiger partial charge in [-0.3, -0.25) is 0 Å².